The summed E-state index contributed by atoms with van der Waals surface area (Å²) >= 11 is 0. The predicted octanol–water partition coefficient (Wildman–Crippen LogP) is 3.30. The topological polar surface area (TPSA) is 55.2 Å². The van der Waals surface area contributed by atoms with E-state index in [1.165, 1.54) is 4.90 Å². The first-order valence-electron chi connectivity index (χ1n) is 8.37. The van der Waals surface area contributed by atoms with Crippen molar-refractivity contribution in [1.29, 1.82) is 0 Å². The second-order valence-electron chi connectivity index (χ2n) is 6.35. The van der Waals surface area contributed by atoms with Crippen LogP contribution in [-0.4, -0.2) is 21.4 Å². The maximum atomic E-state index is 12.6. The van der Waals surface area contributed by atoms with Gasteiger partial charge in [0.05, 0.1) is 28.7 Å². The molecule has 0 radical (unpaired) electrons. The molecular weight excluding hydrogens is 314 g/mol. The Morgan fingerprint density at radius 1 is 0.880 bits per heavy atom. The summed E-state index contributed by atoms with van der Waals surface area (Å²) in [6.07, 6.45) is 4.04. The Hall–Kier alpha value is -3.21. The van der Waals surface area contributed by atoms with E-state index in [0.717, 1.165) is 36.5 Å². The second-order valence-corrected chi connectivity index (χ2v) is 6.35. The lowest BCUT2D eigenvalue weighted by Gasteiger charge is -2.14. The molecule has 3 aromatic rings. The van der Waals surface area contributed by atoms with Gasteiger partial charge in [-0.15, -0.1) is 0 Å². The molecule has 0 saturated carbocycles. The fourth-order valence-corrected chi connectivity index (χ4v) is 3.69. The Labute approximate surface area is 144 Å². The van der Waals surface area contributed by atoms with Crippen molar-refractivity contribution in [3.05, 3.63) is 71.7 Å². The molecule has 5 heteroatoms. The molecule has 2 aliphatic heterocycles. The van der Waals surface area contributed by atoms with Crippen molar-refractivity contribution in [3.63, 3.8) is 0 Å². The summed E-state index contributed by atoms with van der Waals surface area (Å²) < 4.78 is 2.23. The van der Waals surface area contributed by atoms with Gasteiger partial charge < -0.3 is 4.57 Å². The van der Waals surface area contributed by atoms with Crippen LogP contribution >= 0.6 is 0 Å². The normalized spacial score (nSPS) is 15.6. The maximum absolute atomic E-state index is 12.6. The van der Waals surface area contributed by atoms with Gasteiger partial charge in [-0.3, -0.25) is 9.59 Å². The van der Waals surface area contributed by atoms with Gasteiger partial charge in [-0.2, -0.15) is 0 Å². The van der Waals surface area contributed by atoms with Crippen LogP contribution in [0, 0.1) is 0 Å². The van der Waals surface area contributed by atoms with Crippen molar-refractivity contribution >= 4 is 17.5 Å². The number of carbonyl (C=O) groups excluding carboxylic acids is 2. The van der Waals surface area contributed by atoms with Crippen LogP contribution in [-0.2, 0) is 13.0 Å². The summed E-state index contributed by atoms with van der Waals surface area (Å²) in [4.78, 5) is 30.8. The Morgan fingerprint density at radius 2 is 1.56 bits per heavy atom. The van der Waals surface area contributed by atoms with Crippen LogP contribution in [0.5, 0.6) is 0 Å². The van der Waals surface area contributed by atoms with E-state index >= 15 is 0 Å². The van der Waals surface area contributed by atoms with Gasteiger partial charge in [0.1, 0.15) is 5.82 Å². The minimum Gasteiger partial charge on any atom is -0.328 e. The van der Waals surface area contributed by atoms with Crippen molar-refractivity contribution in [2.45, 2.75) is 19.4 Å². The van der Waals surface area contributed by atoms with Gasteiger partial charge in [0.2, 0.25) is 0 Å². The van der Waals surface area contributed by atoms with Gasteiger partial charge in [-0.25, -0.2) is 9.88 Å². The zero-order valence-corrected chi connectivity index (χ0v) is 13.5. The monoisotopic (exact) mass is 329 g/mol. The van der Waals surface area contributed by atoms with Crippen LogP contribution in [0.15, 0.2) is 54.7 Å². The molecule has 0 spiro atoms. The van der Waals surface area contributed by atoms with E-state index in [9.17, 15) is 9.59 Å². The third-order valence-corrected chi connectivity index (χ3v) is 4.94. The molecule has 1 aromatic heterocycles. The average molecular weight is 329 g/mol. The third kappa shape index (κ3) is 1.99. The molecule has 0 fully saturated rings. The highest BCUT2D eigenvalue weighted by Crippen LogP contribution is 2.31. The predicted molar refractivity (Wildman–Crippen MR) is 93.6 cm³/mol. The van der Waals surface area contributed by atoms with Crippen molar-refractivity contribution in [3.8, 4) is 11.3 Å². The van der Waals surface area contributed by atoms with Crippen LogP contribution in [0.4, 0.5) is 5.69 Å². The highest BCUT2D eigenvalue weighted by atomic mass is 16.2. The number of nitrogens with zero attached hydrogens (tertiary/aromatic N) is 3. The lowest BCUT2D eigenvalue weighted by atomic mass is 10.1. The summed E-state index contributed by atoms with van der Waals surface area (Å²) in [7, 11) is 0. The van der Waals surface area contributed by atoms with Crippen LogP contribution < -0.4 is 4.90 Å². The zero-order valence-electron chi connectivity index (χ0n) is 13.5. The van der Waals surface area contributed by atoms with Gasteiger partial charge in [-0.1, -0.05) is 24.3 Å². The van der Waals surface area contributed by atoms with Crippen LogP contribution in [0.3, 0.4) is 0 Å². The lowest BCUT2D eigenvalue weighted by Crippen LogP contribution is -2.29. The standard InChI is InChI=1S/C20H15N3O2/c24-19-15-4-1-2-5-16(15)20(25)23(19)14-9-7-13(8-10-14)17-12-21-18-6-3-11-22(17)18/h1-2,4-5,7-10,12H,3,6,11H2. The second kappa shape index (κ2) is 5.14. The van der Waals surface area contributed by atoms with Crippen LogP contribution in [0.2, 0.25) is 0 Å². The molecule has 0 atom stereocenters. The van der Waals surface area contributed by atoms with E-state index in [1.54, 1.807) is 24.3 Å². The Balaban J connectivity index is 1.50. The van der Waals surface area contributed by atoms with Gasteiger partial charge in [0.15, 0.2) is 0 Å². The first-order valence-corrected chi connectivity index (χ1v) is 8.37. The Bertz CT molecular complexity index is 983. The summed E-state index contributed by atoms with van der Waals surface area (Å²) in [5.41, 5.74) is 3.65. The number of imidazole rings is 1. The van der Waals surface area contributed by atoms with E-state index in [4.69, 9.17) is 0 Å². The van der Waals surface area contributed by atoms with Gasteiger partial charge in [-0.05, 0) is 36.2 Å². The molecule has 25 heavy (non-hydrogen) atoms. The molecule has 122 valence electrons. The van der Waals surface area contributed by atoms with Gasteiger partial charge in [0, 0.05) is 13.0 Å². The number of aryl methyl sites for hydroxylation is 1. The molecule has 3 heterocycles. The van der Waals surface area contributed by atoms with E-state index in [0.29, 0.717) is 16.8 Å². The van der Waals surface area contributed by atoms with E-state index in [-0.39, 0.29) is 11.8 Å². The number of aromatic nitrogens is 2. The molecule has 0 bridgehead atoms. The Kier molecular flexibility index (Phi) is 2.91. The number of imide groups is 1. The molecule has 2 amide bonds. The maximum Gasteiger partial charge on any atom is 0.266 e. The molecular formula is C20H15N3O2. The molecule has 0 saturated heterocycles. The third-order valence-electron chi connectivity index (χ3n) is 4.94. The highest BCUT2D eigenvalue weighted by Gasteiger charge is 2.36. The Morgan fingerprint density at radius 3 is 2.24 bits per heavy atom. The van der Waals surface area contributed by atoms with E-state index in [2.05, 4.69) is 9.55 Å². The van der Waals surface area contributed by atoms with Gasteiger partial charge >= 0.3 is 0 Å². The van der Waals surface area contributed by atoms with Crippen molar-refractivity contribution in [2.24, 2.45) is 0 Å². The van der Waals surface area contributed by atoms with Crippen molar-refractivity contribution < 1.29 is 9.59 Å². The SMILES string of the molecule is O=C1c2ccccc2C(=O)N1c1ccc(-c2cnc3n2CCC3)cc1. The number of carbonyl (C=O) groups is 2. The molecule has 0 N–H and O–H groups in total. The summed E-state index contributed by atoms with van der Waals surface area (Å²) in [6, 6.07) is 14.5. The highest BCUT2D eigenvalue weighted by molar-refractivity contribution is 6.34. The van der Waals surface area contributed by atoms with Gasteiger partial charge in [0.25, 0.3) is 11.8 Å². The largest absolute Gasteiger partial charge is 0.328 e. The minimum absolute atomic E-state index is 0.265. The lowest BCUT2D eigenvalue weighted by molar-refractivity contribution is 0.0926. The van der Waals surface area contributed by atoms with Crippen LogP contribution in [0.1, 0.15) is 33.0 Å². The molecule has 2 aliphatic rings. The van der Waals surface area contributed by atoms with E-state index in [1.807, 2.05) is 30.5 Å². The zero-order chi connectivity index (χ0) is 17.0. The van der Waals surface area contributed by atoms with Crippen molar-refractivity contribution in [2.75, 3.05) is 4.90 Å². The van der Waals surface area contributed by atoms with Crippen LogP contribution in [0.25, 0.3) is 11.3 Å². The minimum atomic E-state index is -0.265. The number of fused-ring (bicyclic) bond motifs is 2. The van der Waals surface area contributed by atoms with E-state index < -0.39 is 0 Å². The molecule has 0 aliphatic carbocycles. The smallest absolute Gasteiger partial charge is 0.266 e. The first kappa shape index (κ1) is 14.2. The number of benzene rings is 2. The summed E-state index contributed by atoms with van der Waals surface area (Å²) in [5, 5.41) is 0. The molecule has 2 aromatic carbocycles. The first-order chi connectivity index (χ1) is 12.2. The molecule has 5 rings (SSSR count). The fraction of sp³-hybridized carbons (Fsp3) is 0.150. The van der Waals surface area contributed by atoms with Crippen molar-refractivity contribution in [1.82, 2.24) is 9.55 Å². The number of hydrogen-bond donors (Lipinski definition) is 0. The number of rotatable bonds is 2. The number of amides is 2. The molecule has 5 nitrogen and oxygen atoms in total. The number of anilines is 1. The quantitative estimate of drug-likeness (QED) is 0.678. The molecule has 0 unspecified atom stereocenters. The summed E-state index contributed by atoms with van der Waals surface area (Å²) in [5.74, 6) is 0.594. The number of hydrogen-bond acceptors (Lipinski definition) is 3. The summed E-state index contributed by atoms with van der Waals surface area (Å²) in [6.45, 7) is 0.991. The fourth-order valence-electron chi connectivity index (χ4n) is 3.69. The average Bonchev–Trinajstić information content (AvgIpc) is 3.31.